The Balaban J connectivity index is 2.43. The molecule has 0 aliphatic carbocycles. The molecule has 0 aromatic heterocycles. The quantitative estimate of drug-likeness (QED) is 0.783. The lowest BCUT2D eigenvalue weighted by molar-refractivity contribution is -0.116. The molecule has 0 radical (unpaired) electrons. The van der Waals surface area contributed by atoms with Crippen molar-refractivity contribution in [2.24, 2.45) is 0 Å². The van der Waals surface area contributed by atoms with Crippen molar-refractivity contribution in [3.05, 3.63) is 29.8 Å². The number of nitrogens with zero attached hydrogens (tertiary/aromatic N) is 2. The topological polar surface area (TPSA) is 23.6 Å². The average molecular weight is 262 g/mol. The Labute approximate surface area is 113 Å². The maximum atomic E-state index is 12.1. The molecule has 0 unspecified atom stereocenters. The molecule has 2 rings (SSSR count). The number of rotatable bonds is 3. The van der Waals surface area contributed by atoms with Crippen molar-refractivity contribution in [2.45, 2.75) is 26.7 Å². The average Bonchev–Trinajstić information content (AvgIpc) is 2.64. The van der Waals surface area contributed by atoms with E-state index in [1.807, 2.05) is 30.0 Å². The summed E-state index contributed by atoms with van der Waals surface area (Å²) >= 11 is 5.40. The maximum Gasteiger partial charge on any atom is 0.252 e. The van der Waals surface area contributed by atoms with Gasteiger partial charge in [-0.05, 0) is 36.7 Å². The Morgan fingerprint density at radius 1 is 1.33 bits per heavy atom. The fourth-order valence-electron chi connectivity index (χ4n) is 2.21. The van der Waals surface area contributed by atoms with Gasteiger partial charge < -0.3 is 4.90 Å². The van der Waals surface area contributed by atoms with E-state index in [0.29, 0.717) is 17.6 Å². The number of carbonyl (C=O) groups is 1. The van der Waals surface area contributed by atoms with Crippen LogP contribution in [0, 0.1) is 0 Å². The normalized spacial score (nSPS) is 16.0. The van der Waals surface area contributed by atoms with Crippen LogP contribution in [0.4, 0.5) is 5.69 Å². The van der Waals surface area contributed by atoms with Crippen molar-refractivity contribution >= 4 is 28.9 Å². The molecular formula is C14H18N2OS. The smallest absolute Gasteiger partial charge is 0.252 e. The minimum atomic E-state index is 0.0648. The van der Waals surface area contributed by atoms with Gasteiger partial charge in [-0.15, -0.1) is 0 Å². The van der Waals surface area contributed by atoms with Crippen molar-refractivity contribution < 1.29 is 4.79 Å². The Morgan fingerprint density at radius 3 is 2.56 bits per heavy atom. The molecule has 1 fully saturated rings. The van der Waals surface area contributed by atoms with Crippen LogP contribution in [0.3, 0.4) is 0 Å². The molecule has 96 valence electrons. The fourth-order valence-corrected chi connectivity index (χ4v) is 2.61. The first-order valence-corrected chi connectivity index (χ1v) is 6.67. The molecule has 4 heteroatoms. The molecule has 1 aliphatic heterocycles. The second kappa shape index (κ2) is 5.06. The molecule has 0 spiro atoms. The zero-order valence-electron chi connectivity index (χ0n) is 11.0. The van der Waals surface area contributed by atoms with Crippen LogP contribution in [0.25, 0.3) is 0 Å². The van der Waals surface area contributed by atoms with Crippen molar-refractivity contribution in [1.82, 2.24) is 4.90 Å². The molecule has 3 nitrogen and oxygen atoms in total. The molecule has 1 aliphatic rings. The van der Waals surface area contributed by atoms with E-state index in [2.05, 4.69) is 19.9 Å². The molecule has 1 saturated heterocycles. The molecule has 1 amide bonds. The van der Waals surface area contributed by atoms with Crippen molar-refractivity contribution in [1.29, 1.82) is 0 Å². The standard InChI is InChI=1S/C14H18N2OS/c1-4-15-9-13(17)16(14(15)18)12-8-6-5-7-11(12)10(2)3/h5-8,10H,4,9H2,1-3H3. The lowest BCUT2D eigenvalue weighted by Gasteiger charge is -2.22. The van der Waals surface area contributed by atoms with E-state index in [4.69, 9.17) is 12.2 Å². The molecule has 1 heterocycles. The molecule has 0 N–H and O–H groups in total. The van der Waals surface area contributed by atoms with Gasteiger partial charge in [-0.25, -0.2) is 0 Å². The second-order valence-corrected chi connectivity index (χ2v) is 5.10. The first-order chi connectivity index (χ1) is 8.56. The van der Waals surface area contributed by atoms with Crippen molar-refractivity contribution in [3.8, 4) is 0 Å². The summed E-state index contributed by atoms with van der Waals surface area (Å²) in [6.07, 6.45) is 0. The highest BCUT2D eigenvalue weighted by Gasteiger charge is 2.34. The molecular weight excluding hydrogens is 244 g/mol. The third kappa shape index (κ3) is 2.12. The zero-order valence-corrected chi connectivity index (χ0v) is 11.8. The molecule has 18 heavy (non-hydrogen) atoms. The highest BCUT2D eigenvalue weighted by atomic mass is 32.1. The minimum absolute atomic E-state index is 0.0648. The Bertz CT molecular complexity index is 484. The Hall–Kier alpha value is -1.42. The van der Waals surface area contributed by atoms with Gasteiger partial charge in [0.05, 0.1) is 12.2 Å². The van der Waals surface area contributed by atoms with Gasteiger partial charge in [0, 0.05) is 6.54 Å². The number of para-hydroxylation sites is 1. The lowest BCUT2D eigenvalue weighted by atomic mass is 10.0. The van der Waals surface area contributed by atoms with E-state index >= 15 is 0 Å². The van der Waals surface area contributed by atoms with Gasteiger partial charge in [0.2, 0.25) is 0 Å². The molecule has 1 aromatic carbocycles. The summed E-state index contributed by atoms with van der Waals surface area (Å²) in [6.45, 7) is 7.42. The van der Waals surface area contributed by atoms with Crippen LogP contribution in [0.1, 0.15) is 32.3 Å². The SMILES string of the molecule is CCN1CC(=O)N(c2ccccc2C(C)C)C1=S. The summed E-state index contributed by atoms with van der Waals surface area (Å²) in [4.78, 5) is 15.7. The van der Waals surface area contributed by atoms with Gasteiger partial charge in [0.25, 0.3) is 5.91 Å². The molecule has 1 aromatic rings. The van der Waals surface area contributed by atoms with Crippen LogP contribution in [0.5, 0.6) is 0 Å². The summed E-state index contributed by atoms with van der Waals surface area (Å²) in [7, 11) is 0. The van der Waals surface area contributed by atoms with Gasteiger partial charge >= 0.3 is 0 Å². The number of thiocarbonyl (C=S) groups is 1. The van der Waals surface area contributed by atoms with E-state index < -0.39 is 0 Å². The Kier molecular flexibility index (Phi) is 3.66. The monoisotopic (exact) mass is 262 g/mol. The van der Waals surface area contributed by atoms with E-state index in [9.17, 15) is 4.79 Å². The van der Waals surface area contributed by atoms with Gasteiger partial charge in [-0.1, -0.05) is 32.0 Å². The minimum Gasteiger partial charge on any atom is -0.339 e. The highest BCUT2D eigenvalue weighted by molar-refractivity contribution is 7.80. The van der Waals surface area contributed by atoms with Crippen LogP contribution < -0.4 is 4.90 Å². The predicted molar refractivity (Wildman–Crippen MR) is 77.9 cm³/mol. The van der Waals surface area contributed by atoms with Crippen LogP contribution in [0.2, 0.25) is 0 Å². The summed E-state index contributed by atoms with van der Waals surface area (Å²) in [5.41, 5.74) is 2.09. The first kappa shape index (κ1) is 13.0. The van der Waals surface area contributed by atoms with E-state index in [1.54, 1.807) is 4.90 Å². The van der Waals surface area contributed by atoms with Crippen LogP contribution in [0.15, 0.2) is 24.3 Å². The number of likely N-dealkylation sites (N-methyl/N-ethyl adjacent to an activating group) is 1. The van der Waals surface area contributed by atoms with E-state index in [-0.39, 0.29) is 5.91 Å². The zero-order chi connectivity index (χ0) is 13.3. The fraction of sp³-hybridized carbons (Fsp3) is 0.429. The summed E-state index contributed by atoms with van der Waals surface area (Å²) in [5.74, 6) is 0.433. The highest BCUT2D eigenvalue weighted by Crippen LogP contribution is 2.30. The number of hydrogen-bond acceptors (Lipinski definition) is 2. The number of hydrogen-bond donors (Lipinski definition) is 0. The first-order valence-electron chi connectivity index (χ1n) is 6.27. The van der Waals surface area contributed by atoms with Gasteiger partial charge in [0.1, 0.15) is 0 Å². The number of carbonyl (C=O) groups excluding carboxylic acids is 1. The largest absolute Gasteiger partial charge is 0.339 e. The summed E-state index contributed by atoms with van der Waals surface area (Å²) < 4.78 is 0. The number of benzene rings is 1. The van der Waals surface area contributed by atoms with E-state index in [1.165, 1.54) is 0 Å². The van der Waals surface area contributed by atoms with Gasteiger partial charge in [-0.3, -0.25) is 9.69 Å². The van der Waals surface area contributed by atoms with Crippen molar-refractivity contribution in [3.63, 3.8) is 0 Å². The van der Waals surface area contributed by atoms with Crippen LogP contribution in [-0.2, 0) is 4.79 Å². The molecule has 0 atom stereocenters. The van der Waals surface area contributed by atoms with Gasteiger partial charge in [0.15, 0.2) is 5.11 Å². The number of amides is 1. The third-order valence-corrected chi connectivity index (χ3v) is 3.66. The third-order valence-electron chi connectivity index (χ3n) is 3.22. The summed E-state index contributed by atoms with van der Waals surface area (Å²) in [6, 6.07) is 7.98. The van der Waals surface area contributed by atoms with Crippen molar-refractivity contribution in [2.75, 3.05) is 18.0 Å². The second-order valence-electron chi connectivity index (χ2n) is 4.74. The number of anilines is 1. The van der Waals surface area contributed by atoms with Gasteiger partial charge in [-0.2, -0.15) is 0 Å². The van der Waals surface area contributed by atoms with Crippen LogP contribution >= 0.6 is 12.2 Å². The van der Waals surface area contributed by atoms with Crippen LogP contribution in [-0.4, -0.2) is 29.0 Å². The maximum absolute atomic E-state index is 12.1. The summed E-state index contributed by atoms with van der Waals surface area (Å²) in [5, 5.41) is 0.621. The lowest BCUT2D eigenvalue weighted by Crippen LogP contribution is -2.33. The molecule has 0 bridgehead atoms. The molecule has 0 saturated carbocycles. The Morgan fingerprint density at radius 2 is 2.00 bits per heavy atom. The predicted octanol–water partition coefficient (Wildman–Crippen LogP) is 2.76. The van der Waals surface area contributed by atoms with E-state index in [0.717, 1.165) is 17.8 Å².